The Bertz CT molecular complexity index is 624. The number of hydrogen-bond donors (Lipinski definition) is 1. The van der Waals surface area contributed by atoms with E-state index in [-0.39, 0.29) is 23.2 Å². The van der Waals surface area contributed by atoms with Crippen molar-refractivity contribution in [2.45, 2.75) is 71.2 Å². The van der Waals surface area contributed by atoms with Gasteiger partial charge in [-0.1, -0.05) is 6.07 Å². The molecule has 0 radical (unpaired) electrons. The number of nitrogens with one attached hydrogen (secondary N) is 1. The maximum Gasteiger partial charge on any atom is 0.494 e. The normalized spacial score (nSPS) is 22.1. The van der Waals surface area contributed by atoms with Crippen LogP contribution in [-0.4, -0.2) is 30.3 Å². The number of amides is 1. The monoisotopic (exact) mass is 331 g/mol. The molecule has 1 aliphatic heterocycles. The Morgan fingerprint density at radius 3 is 2.33 bits per heavy atom. The van der Waals surface area contributed by atoms with Crippen LogP contribution < -0.4 is 15.5 Å². The fourth-order valence-electron chi connectivity index (χ4n) is 2.72. The molecule has 2 fully saturated rings. The first-order chi connectivity index (χ1) is 11.2. The van der Waals surface area contributed by atoms with Crippen molar-refractivity contribution in [3.8, 4) is 5.75 Å². The van der Waals surface area contributed by atoms with Gasteiger partial charge in [0.25, 0.3) is 0 Å². The van der Waals surface area contributed by atoms with Crippen LogP contribution >= 0.6 is 0 Å². The van der Waals surface area contributed by atoms with Crippen molar-refractivity contribution >= 4 is 24.2 Å². The van der Waals surface area contributed by atoms with Gasteiger partial charge < -0.3 is 19.4 Å². The second kappa shape index (κ2) is 6.08. The molecule has 0 unspecified atom stereocenters. The first-order valence-electron chi connectivity index (χ1n) is 8.62. The molecule has 2 aliphatic rings. The molecular weight excluding hydrogens is 305 g/mol. The van der Waals surface area contributed by atoms with Crippen molar-refractivity contribution in [2.75, 3.05) is 5.32 Å². The molecule has 0 aromatic heterocycles. The number of hydrogen-bond acceptors (Lipinski definition) is 4. The minimum atomic E-state index is -0.440. The van der Waals surface area contributed by atoms with E-state index in [9.17, 15) is 4.79 Å². The summed E-state index contributed by atoms with van der Waals surface area (Å²) in [5.41, 5.74) is 0.818. The van der Waals surface area contributed by atoms with Crippen LogP contribution in [0.2, 0.25) is 0 Å². The molecule has 0 spiro atoms. The number of anilines is 1. The molecule has 1 aliphatic carbocycles. The molecule has 1 aromatic rings. The smallest absolute Gasteiger partial charge is 0.488 e. The Morgan fingerprint density at radius 1 is 1.21 bits per heavy atom. The second-order valence-corrected chi connectivity index (χ2v) is 7.70. The molecule has 5 nitrogen and oxygen atoms in total. The molecule has 1 aromatic carbocycles. The maximum absolute atomic E-state index is 11.4. The van der Waals surface area contributed by atoms with Crippen LogP contribution in [0.25, 0.3) is 0 Å². The van der Waals surface area contributed by atoms with E-state index >= 15 is 0 Å². The molecule has 1 saturated carbocycles. The lowest BCUT2D eigenvalue weighted by Crippen LogP contribution is -2.41. The van der Waals surface area contributed by atoms with Crippen molar-refractivity contribution in [3.63, 3.8) is 0 Å². The van der Waals surface area contributed by atoms with Gasteiger partial charge in [0.15, 0.2) is 0 Å². The first-order valence-corrected chi connectivity index (χ1v) is 8.62. The zero-order valence-corrected chi connectivity index (χ0v) is 15.1. The molecule has 3 rings (SSSR count). The Labute approximate surface area is 144 Å². The molecular formula is C18H26BNO4. The van der Waals surface area contributed by atoms with Crippen LogP contribution in [0, 0.1) is 0 Å². The van der Waals surface area contributed by atoms with Crippen LogP contribution in [-0.2, 0) is 14.1 Å². The lowest BCUT2D eigenvalue weighted by molar-refractivity contribution is -0.114. The SMILES string of the molecule is CC(=O)Nc1ccc(B2OC(C)(C)C(C)(C)O2)cc1OC1CCC1. The van der Waals surface area contributed by atoms with Gasteiger partial charge in [-0.15, -0.1) is 0 Å². The average molecular weight is 331 g/mol. The number of rotatable bonds is 4. The summed E-state index contributed by atoms with van der Waals surface area (Å²) in [5, 5.41) is 2.83. The summed E-state index contributed by atoms with van der Waals surface area (Å²) in [6.45, 7) is 9.62. The van der Waals surface area contributed by atoms with E-state index in [2.05, 4.69) is 5.32 Å². The van der Waals surface area contributed by atoms with Gasteiger partial charge in [0.2, 0.25) is 5.91 Å². The summed E-state index contributed by atoms with van der Waals surface area (Å²) in [6.07, 6.45) is 3.53. The predicted molar refractivity (Wildman–Crippen MR) is 94.7 cm³/mol. The van der Waals surface area contributed by atoms with E-state index in [1.54, 1.807) is 0 Å². The van der Waals surface area contributed by atoms with Crippen molar-refractivity contribution in [3.05, 3.63) is 18.2 Å². The van der Waals surface area contributed by atoms with Gasteiger partial charge in [-0.25, -0.2) is 0 Å². The second-order valence-electron chi connectivity index (χ2n) is 7.70. The van der Waals surface area contributed by atoms with Crippen LogP contribution in [0.5, 0.6) is 5.75 Å². The predicted octanol–water partition coefficient (Wildman–Crippen LogP) is 2.88. The van der Waals surface area contributed by atoms with E-state index < -0.39 is 7.12 Å². The van der Waals surface area contributed by atoms with E-state index in [4.69, 9.17) is 14.0 Å². The molecule has 1 heterocycles. The van der Waals surface area contributed by atoms with Crippen LogP contribution in [0.4, 0.5) is 5.69 Å². The summed E-state index contributed by atoms with van der Waals surface area (Å²) in [7, 11) is -0.440. The molecule has 0 bridgehead atoms. The minimum absolute atomic E-state index is 0.114. The summed E-state index contributed by atoms with van der Waals surface area (Å²) in [4.78, 5) is 11.4. The van der Waals surface area contributed by atoms with E-state index in [0.29, 0.717) is 11.4 Å². The molecule has 0 atom stereocenters. The fourth-order valence-corrected chi connectivity index (χ4v) is 2.72. The van der Waals surface area contributed by atoms with Crippen molar-refractivity contribution < 1.29 is 18.8 Å². The molecule has 24 heavy (non-hydrogen) atoms. The standard InChI is InChI=1S/C18H26BNO4/c1-12(21)20-15-10-9-13(11-16(15)22-14-7-6-8-14)19-23-17(2,3)18(4,5)24-19/h9-11,14H,6-8H2,1-5H3,(H,20,21). The quantitative estimate of drug-likeness (QED) is 0.862. The number of carbonyl (C=O) groups is 1. The fraction of sp³-hybridized carbons (Fsp3) is 0.611. The lowest BCUT2D eigenvalue weighted by atomic mass is 9.79. The summed E-state index contributed by atoms with van der Waals surface area (Å²) in [5.74, 6) is 0.568. The largest absolute Gasteiger partial charge is 0.494 e. The van der Waals surface area contributed by atoms with Gasteiger partial charge in [-0.3, -0.25) is 4.79 Å². The highest BCUT2D eigenvalue weighted by Crippen LogP contribution is 2.37. The zero-order chi connectivity index (χ0) is 17.5. The van der Waals surface area contributed by atoms with E-state index in [1.807, 2.05) is 45.9 Å². The van der Waals surface area contributed by atoms with Gasteiger partial charge in [0, 0.05) is 6.92 Å². The molecule has 1 N–H and O–H groups in total. The van der Waals surface area contributed by atoms with Gasteiger partial charge >= 0.3 is 7.12 Å². The summed E-state index contributed by atoms with van der Waals surface area (Å²) < 4.78 is 18.3. The molecule has 1 saturated heterocycles. The minimum Gasteiger partial charge on any atom is -0.488 e. The average Bonchev–Trinajstić information content (AvgIpc) is 2.63. The van der Waals surface area contributed by atoms with Crippen LogP contribution in [0.1, 0.15) is 53.9 Å². The Balaban J connectivity index is 1.86. The van der Waals surface area contributed by atoms with Crippen molar-refractivity contribution in [1.29, 1.82) is 0 Å². The number of carbonyl (C=O) groups excluding carboxylic acids is 1. The highest BCUT2D eigenvalue weighted by Gasteiger charge is 2.51. The van der Waals surface area contributed by atoms with Crippen LogP contribution in [0.15, 0.2) is 18.2 Å². The van der Waals surface area contributed by atoms with Crippen LogP contribution in [0.3, 0.4) is 0 Å². The van der Waals surface area contributed by atoms with Crippen molar-refractivity contribution in [2.24, 2.45) is 0 Å². The third kappa shape index (κ3) is 3.30. The topological polar surface area (TPSA) is 56.8 Å². The Kier molecular flexibility index (Phi) is 4.38. The van der Waals surface area contributed by atoms with E-state index in [0.717, 1.165) is 18.3 Å². The summed E-state index contributed by atoms with van der Waals surface area (Å²) in [6, 6.07) is 5.70. The van der Waals surface area contributed by atoms with Crippen molar-refractivity contribution in [1.82, 2.24) is 0 Å². The van der Waals surface area contributed by atoms with E-state index in [1.165, 1.54) is 13.3 Å². The third-order valence-corrected chi connectivity index (χ3v) is 5.19. The Morgan fingerprint density at radius 2 is 1.83 bits per heavy atom. The molecule has 130 valence electrons. The first kappa shape index (κ1) is 17.3. The Hall–Kier alpha value is -1.53. The number of benzene rings is 1. The van der Waals surface area contributed by atoms with Gasteiger partial charge in [-0.05, 0) is 64.6 Å². The molecule has 1 amide bonds. The third-order valence-electron chi connectivity index (χ3n) is 5.19. The van der Waals surface area contributed by atoms with Gasteiger partial charge in [-0.2, -0.15) is 0 Å². The van der Waals surface area contributed by atoms with Gasteiger partial charge in [0.1, 0.15) is 5.75 Å². The highest BCUT2D eigenvalue weighted by molar-refractivity contribution is 6.62. The summed E-state index contributed by atoms with van der Waals surface area (Å²) >= 11 is 0. The zero-order valence-electron chi connectivity index (χ0n) is 15.1. The maximum atomic E-state index is 11.4. The lowest BCUT2D eigenvalue weighted by Gasteiger charge is -2.32. The van der Waals surface area contributed by atoms with Gasteiger partial charge in [0.05, 0.1) is 23.0 Å². The number of ether oxygens (including phenoxy) is 1. The molecule has 6 heteroatoms. The highest BCUT2D eigenvalue weighted by atomic mass is 16.7.